The summed E-state index contributed by atoms with van der Waals surface area (Å²) < 4.78 is 42.2. The van der Waals surface area contributed by atoms with Crippen LogP contribution < -0.4 is 17.9 Å². The Bertz CT molecular complexity index is 3540. The molecule has 13 heteroatoms. The molecule has 2 aliphatic carbocycles. The molecule has 0 aromatic heterocycles. The van der Waals surface area contributed by atoms with Gasteiger partial charge in [0.1, 0.15) is 0 Å². The van der Waals surface area contributed by atoms with Crippen molar-refractivity contribution in [2.24, 2.45) is 0 Å². The molecule has 399 valence electrons. The zero-order chi connectivity index (χ0) is 54.9. The summed E-state index contributed by atoms with van der Waals surface area (Å²) in [5, 5.41) is 10.9. The van der Waals surface area contributed by atoms with Gasteiger partial charge in [-0.15, -0.1) is 0 Å². The van der Waals surface area contributed by atoms with Crippen molar-refractivity contribution in [3.05, 3.63) is 161 Å². The van der Waals surface area contributed by atoms with Gasteiger partial charge in [-0.25, -0.2) is 0 Å². The van der Waals surface area contributed by atoms with E-state index < -0.39 is 14.0 Å². The molecule has 6 nitrogen and oxygen atoms in total. The van der Waals surface area contributed by atoms with Gasteiger partial charge in [-0.3, -0.25) is 0 Å². The monoisotopic (exact) mass is 1190 g/mol. The molecular formula is C64H75B3Cl2InO6P-. The number of fused-ring (bicyclic) bond motifs is 12. The zero-order valence-electron chi connectivity index (χ0n) is 49.2. The number of hydrogen-bond donors (Lipinski definition) is 0. The normalized spacial score (nSPS) is 20.5. The van der Waals surface area contributed by atoms with Crippen molar-refractivity contribution in [1.82, 2.24) is 0 Å². The number of halogens is 2. The fourth-order valence-electron chi connectivity index (χ4n) is 11.6. The third-order valence-electron chi connectivity index (χ3n) is 18.4. The predicted molar refractivity (Wildman–Crippen MR) is 331 cm³/mol. The predicted octanol–water partition coefficient (Wildman–Crippen LogP) is 11.9. The van der Waals surface area contributed by atoms with Gasteiger partial charge in [-0.05, 0) is 213 Å². The molecule has 0 N–H and O–H groups in total. The Labute approximate surface area is 493 Å². The van der Waals surface area contributed by atoms with Gasteiger partial charge in [0.05, 0.1) is 34.9 Å². The van der Waals surface area contributed by atoms with Crippen molar-refractivity contribution < 1.29 is 40.3 Å². The summed E-state index contributed by atoms with van der Waals surface area (Å²) >= 11 is 6.27. The average molecular weight is 1190 g/mol. The van der Waals surface area contributed by atoms with Crippen molar-refractivity contribution in [3.8, 4) is 22.3 Å². The molecule has 1 radical (unpaired) electrons. The van der Waals surface area contributed by atoms with Crippen LogP contribution >= 0.6 is 21.4 Å². The fourth-order valence-corrected chi connectivity index (χ4v) is 11.8. The van der Waals surface area contributed by atoms with Crippen LogP contribution in [0.3, 0.4) is 0 Å². The topological polar surface area (TPSA) is 55.4 Å². The molecule has 3 aliphatic heterocycles. The third kappa shape index (κ3) is 9.87. The van der Waals surface area contributed by atoms with Crippen LogP contribution in [-0.2, 0) is 38.8 Å². The van der Waals surface area contributed by atoms with Crippen molar-refractivity contribution >= 4 is 117 Å². The second kappa shape index (κ2) is 20.3. The van der Waals surface area contributed by atoms with Crippen LogP contribution in [0.4, 0.5) is 0 Å². The van der Waals surface area contributed by atoms with E-state index in [1.165, 1.54) is 87.6 Å². The molecule has 77 heavy (non-hydrogen) atoms. The van der Waals surface area contributed by atoms with E-state index in [1.54, 1.807) is 9.84 Å². The Hall–Kier alpha value is -3.37. The average Bonchev–Trinajstić information content (AvgIpc) is 4.20. The van der Waals surface area contributed by atoms with E-state index in [0.29, 0.717) is 0 Å². The fraction of sp³-hybridized carbons (Fsp3) is 0.375. The summed E-state index contributed by atoms with van der Waals surface area (Å²) in [5.41, 5.74) is 10.1. The standard InChI is InChI=1S/C29H29BO2.C23H17Cl.C12H24B2O4.ClH.In.H3P.2H/c1-27(2)25-10-8-7-9-21(25)24-15-19-12-11-18-13-14-20(16-22(18)23(19)17-26(24)27)30-31-28(3,4)29(5,6)32-30;1-23(2)21-6-4-3-5-17(21)20-11-15-8-7-14-9-10-16(24)12-18(14)19(15)13-22(20)23;1-9(2)10(3,4)16-13(15-9)14-17-11(5,6)12(7,8)18-14;;;;;/h7-17H,1-6H3;3-13H,1-2H3;1-8H3;1H;;1H3;;/p-1/i;;;;;1T;;. The van der Waals surface area contributed by atoms with Crippen LogP contribution in [0.1, 0.15) is 133 Å². The molecule has 0 bridgehead atoms. The van der Waals surface area contributed by atoms with Crippen LogP contribution in [0.15, 0.2) is 133 Å². The first-order valence-corrected chi connectivity index (χ1v) is 26.8. The molecule has 8 aromatic rings. The van der Waals surface area contributed by atoms with E-state index in [4.69, 9.17) is 40.8 Å². The third-order valence-corrected chi connectivity index (χ3v) is 18.6. The molecule has 0 amide bonds. The summed E-state index contributed by atoms with van der Waals surface area (Å²) in [6.45, 7) is 33.9. The Morgan fingerprint density at radius 3 is 1.10 bits per heavy atom. The van der Waals surface area contributed by atoms with E-state index in [2.05, 4.69) is 183 Å². The van der Waals surface area contributed by atoms with Gasteiger partial charge in [0.2, 0.25) is 0 Å². The quantitative estimate of drug-likeness (QED) is 0.0977. The maximum absolute atomic E-state index is 6.34. The molecule has 0 saturated carbocycles. The molecular weight excluding hydrogens is 1110 g/mol. The van der Waals surface area contributed by atoms with Gasteiger partial charge in [0, 0.05) is 15.9 Å². The maximum atomic E-state index is 6.34. The van der Waals surface area contributed by atoms with Crippen molar-refractivity contribution in [2.75, 3.05) is 0 Å². The van der Waals surface area contributed by atoms with Gasteiger partial charge >= 0.3 is 47.0 Å². The van der Waals surface area contributed by atoms with Gasteiger partial charge in [0.25, 0.3) is 0 Å². The first-order valence-electron chi connectivity index (χ1n) is 27.0. The van der Waals surface area contributed by atoms with E-state index in [1.807, 2.05) is 61.5 Å². The number of benzene rings is 8. The van der Waals surface area contributed by atoms with Gasteiger partial charge in [0.15, 0.2) is 0 Å². The van der Waals surface area contributed by atoms with Crippen LogP contribution in [0.2, 0.25) is 5.02 Å². The number of rotatable bonds is 2. The summed E-state index contributed by atoms with van der Waals surface area (Å²) in [6, 6.07) is 48.8. The summed E-state index contributed by atoms with van der Waals surface area (Å²) in [4.78, 5) is 0. The SMILES string of the molecule is CC1(C)OB(B2OC(C)(C)C(C)(C)O2)OC1(C)C.CC1(C)c2ccccc2-c2cc3ccc4ccc(B5OC(C)(C)C(C)(C)O5)cc4c3cc21.CC1(C)c2ccccc2-c2cc3ccc4ccc(Cl)cc4c3cc21.[3H]P.[Cl-].[InH2]. The molecule has 5 aliphatic rings. The van der Waals surface area contributed by atoms with Gasteiger partial charge in [-0.2, -0.15) is 9.84 Å². The minimum atomic E-state index is -0.476. The zero-order valence-corrected chi connectivity index (χ0v) is 56.6. The molecule has 3 saturated heterocycles. The Morgan fingerprint density at radius 2 is 0.688 bits per heavy atom. The van der Waals surface area contributed by atoms with Crippen LogP contribution in [0.25, 0.3) is 65.3 Å². The second-order valence-corrected chi connectivity index (χ2v) is 25.8. The summed E-state index contributed by atoms with van der Waals surface area (Å²) in [5.74, 6) is 0. The molecule has 8 aromatic carbocycles. The van der Waals surface area contributed by atoms with Crippen LogP contribution in [-0.4, -0.2) is 81.9 Å². The molecule has 0 spiro atoms. The first-order chi connectivity index (χ1) is 35.5. The van der Waals surface area contributed by atoms with Gasteiger partial charge in [-0.1, -0.05) is 136 Å². The molecule has 3 heterocycles. The van der Waals surface area contributed by atoms with Crippen LogP contribution in [0.5, 0.6) is 0 Å². The molecule has 1 unspecified atom stereocenters. The Morgan fingerprint density at radius 1 is 0.364 bits per heavy atom. The van der Waals surface area contributed by atoms with Crippen molar-refractivity contribution in [3.63, 3.8) is 0 Å². The summed E-state index contributed by atoms with van der Waals surface area (Å²) in [7, 11) is 0.363. The molecule has 1 atom stereocenters. The minimum absolute atomic E-state index is 0. The van der Waals surface area contributed by atoms with E-state index in [-0.39, 0.29) is 89.8 Å². The van der Waals surface area contributed by atoms with E-state index in [9.17, 15) is 0 Å². The van der Waals surface area contributed by atoms with E-state index in [0.717, 1.165) is 10.5 Å². The molecule has 3 fully saturated rings. The van der Waals surface area contributed by atoms with E-state index >= 15 is 0 Å². The Balaban J connectivity index is 0.000000156. The van der Waals surface area contributed by atoms with Crippen molar-refractivity contribution in [2.45, 2.75) is 155 Å². The van der Waals surface area contributed by atoms with Crippen molar-refractivity contribution in [1.29, 1.82) is 1.28 Å². The second-order valence-electron chi connectivity index (χ2n) is 25.4. The summed E-state index contributed by atoms with van der Waals surface area (Å²) in [6.07, 6.45) is 0. The first kappa shape index (κ1) is 58.3. The van der Waals surface area contributed by atoms with Gasteiger partial charge < -0.3 is 40.3 Å². The Kier molecular flexibility index (Phi) is 15.3. The molecule has 13 rings (SSSR count). The van der Waals surface area contributed by atoms with Crippen LogP contribution in [0, 0.1) is 0 Å². The number of hydrogen-bond acceptors (Lipinski definition) is 6.